The van der Waals surface area contributed by atoms with Gasteiger partial charge in [-0.3, -0.25) is 0 Å². The number of aryl methyl sites for hydroxylation is 1. The molecule has 110 valence electrons. The molecule has 0 heterocycles. The Morgan fingerprint density at radius 2 is 1.05 bits per heavy atom. The predicted molar refractivity (Wildman–Crippen MR) is 92.1 cm³/mol. The highest BCUT2D eigenvalue weighted by Crippen LogP contribution is 2.15. The third-order valence-corrected chi connectivity index (χ3v) is 5.54. The van der Waals surface area contributed by atoms with Crippen molar-refractivity contribution in [3.05, 3.63) is 90.5 Å². The first-order valence-corrected chi connectivity index (χ1v) is 8.84. The van der Waals surface area contributed by atoms with Crippen molar-refractivity contribution >= 4 is 14.5 Å². The molecule has 0 aromatic heterocycles. The molecule has 0 unspecified atom stereocenters. The zero-order valence-electron chi connectivity index (χ0n) is 12.5. The van der Waals surface area contributed by atoms with Crippen LogP contribution in [-0.4, -0.2) is 9.28 Å². The fourth-order valence-corrected chi connectivity index (χ4v) is 4.09. The molecule has 0 aliphatic carbocycles. The Morgan fingerprint density at radius 1 is 0.591 bits per heavy atom. The molecule has 0 atom stereocenters. The topological polar surface area (TPSA) is 18.5 Å². The van der Waals surface area contributed by atoms with Crippen LogP contribution in [0.2, 0.25) is 0 Å². The minimum atomic E-state index is -2.08. The van der Waals surface area contributed by atoms with E-state index in [-0.39, 0.29) is 0 Å². The summed E-state index contributed by atoms with van der Waals surface area (Å²) in [6.45, 7) is 2.10. The first-order valence-electron chi connectivity index (χ1n) is 7.32. The van der Waals surface area contributed by atoms with E-state index in [1.807, 2.05) is 72.8 Å². The summed E-state index contributed by atoms with van der Waals surface area (Å²) in [5.74, 6) is 1.69. The maximum atomic E-state index is 6.20. The minimum Gasteiger partial charge on any atom is -0.511 e. The number of benzene rings is 3. The van der Waals surface area contributed by atoms with Gasteiger partial charge in [-0.1, -0.05) is 60.7 Å². The van der Waals surface area contributed by atoms with E-state index >= 15 is 0 Å². The zero-order valence-corrected chi connectivity index (χ0v) is 13.6. The molecule has 0 aliphatic heterocycles. The van der Waals surface area contributed by atoms with E-state index in [1.54, 1.807) is 0 Å². The quantitative estimate of drug-likeness (QED) is 0.671. The Morgan fingerprint density at radius 3 is 1.55 bits per heavy atom. The molecule has 3 rings (SSSR count). The molecule has 0 bridgehead atoms. The monoisotopic (exact) mass is 306 g/mol. The van der Waals surface area contributed by atoms with E-state index < -0.39 is 9.28 Å². The summed E-state index contributed by atoms with van der Waals surface area (Å²) in [7, 11) is -2.08. The number of rotatable bonds is 5. The Bertz CT molecular complexity index is 672. The molecule has 0 N–H and O–H groups in total. The molecule has 22 heavy (non-hydrogen) atoms. The molecule has 3 aromatic rings. The Hall–Kier alpha value is -2.52. The van der Waals surface area contributed by atoms with Crippen molar-refractivity contribution in [2.75, 3.05) is 0 Å². The molecule has 0 saturated carbocycles. The van der Waals surface area contributed by atoms with Gasteiger partial charge >= 0.3 is 9.28 Å². The summed E-state index contributed by atoms with van der Waals surface area (Å²) in [5, 5.41) is 1.16. The maximum Gasteiger partial charge on any atom is 0.479 e. The van der Waals surface area contributed by atoms with Gasteiger partial charge in [0.1, 0.15) is 11.5 Å². The molecule has 0 amide bonds. The first-order chi connectivity index (χ1) is 10.8. The minimum absolute atomic E-state index is 0.846. The van der Waals surface area contributed by atoms with Crippen LogP contribution in [0.15, 0.2) is 84.9 Å². The number of para-hydroxylation sites is 2. The van der Waals surface area contributed by atoms with E-state index in [9.17, 15) is 0 Å². The predicted octanol–water partition coefficient (Wildman–Crippen LogP) is 3.58. The van der Waals surface area contributed by atoms with Crippen LogP contribution in [0.4, 0.5) is 0 Å². The lowest BCUT2D eigenvalue weighted by Gasteiger charge is -2.20. The van der Waals surface area contributed by atoms with Gasteiger partial charge in [-0.15, -0.1) is 0 Å². The summed E-state index contributed by atoms with van der Waals surface area (Å²) >= 11 is 0. The van der Waals surface area contributed by atoms with E-state index in [0.717, 1.165) is 16.7 Å². The van der Waals surface area contributed by atoms with Gasteiger partial charge in [-0.2, -0.15) is 0 Å². The summed E-state index contributed by atoms with van der Waals surface area (Å²) in [6, 6.07) is 28.0. The van der Waals surface area contributed by atoms with Crippen LogP contribution in [0.1, 0.15) is 5.56 Å². The van der Waals surface area contributed by atoms with Crippen LogP contribution in [0.3, 0.4) is 0 Å². The smallest absolute Gasteiger partial charge is 0.479 e. The van der Waals surface area contributed by atoms with E-state index in [2.05, 4.69) is 19.1 Å². The lowest BCUT2D eigenvalue weighted by Crippen LogP contribution is -2.44. The van der Waals surface area contributed by atoms with E-state index in [1.165, 1.54) is 5.56 Å². The largest absolute Gasteiger partial charge is 0.511 e. The van der Waals surface area contributed by atoms with Crippen LogP contribution in [-0.2, 0) is 0 Å². The number of hydrogen-bond acceptors (Lipinski definition) is 2. The molecule has 3 heteroatoms. The summed E-state index contributed by atoms with van der Waals surface area (Å²) < 4.78 is 12.4. The van der Waals surface area contributed by atoms with Crippen molar-refractivity contribution in [3.8, 4) is 11.5 Å². The molecule has 2 nitrogen and oxygen atoms in total. The van der Waals surface area contributed by atoms with E-state index in [0.29, 0.717) is 0 Å². The van der Waals surface area contributed by atoms with Crippen LogP contribution in [0.25, 0.3) is 0 Å². The molecule has 0 aliphatic rings. The van der Waals surface area contributed by atoms with Crippen LogP contribution >= 0.6 is 0 Å². The first kappa shape index (κ1) is 14.4. The van der Waals surface area contributed by atoms with Gasteiger partial charge in [0.05, 0.1) is 0 Å². The normalized spacial score (nSPS) is 10.5. The maximum absolute atomic E-state index is 6.20. The van der Waals surface area contributed by atoms with Crippen LogP contribution in [0, 0.1) is 6.92 Å². The second-order valence-corrected chi connectivity index (χ2v) is 6.81. The van der Waals surface area contributed by atoms with Crippen molar-refractivity contribution in [2.45, 2.75) is 6.92 Å². The van der Waals surface area contributed by atoms with Crippen molar-refractivity contribution < 1.29 is 8.85 Å². The molecule has 0 radical (unpaired) electrons. The lowest BCUT2D eigenvalue weighted by molar-refractivity contribution is 0.439. The highest BCUT2D eigenvalue weighted by molar-refractivity contribution is 6.63. The standard InChI is InChI=1S/C19H18O2Si/c1-16-10-8-9-15-19(16)22(20-17-11-4-2-5-12-17)21-18-13-6-3-7-14-18/h2-15,22H,1H3. The van der Waals surface area contributed by atoms with Crippen molar-refractivity contribution in [2.24, 2.45) is 0 Å². The SMILES string of the molecule is Cc1ccccc1[SiH](Oc1ccccc1)Oc1ccccc1. The summed E-state index contributed by atoms with van der Waals surface area (Å²) in [5.41, 5.74) is 1.20. The second kappa shape index (κ2) is 6.96. The van der Waals surface area contributed by atoms with Gasteiger partial charge in [0.15, 0.2) is 0 Å². The Balaban J connectivity index is 1.90. The molecule has 0 saturated heterocycles. The fourth-order valence-electron chi connectivity index (χ4n) is 2.25. The Kier molecular flexibility index (Phi) is 4.56. The average Bonchev–Trinajstić information content (AvgIpc) is 2.57. The second-order valence-electron chi connectivity index (χ2n) is 5.05. The number of hydrogen-bond donors (Lipinski definition) is 0. The third-order valence-electron chi connectivity index (χ3n) is 3.42. The van der Waals surface area contributed by atoms with Gasteiger partial charge in [0, 0.05) is 5.19 Å². The fraction of sp³-hybridized carbons (Fsp3) is 0.0526. The van der Waals surface area contributed by atoms with Gasteiger partial charge in [0.25, 0.3) is 0 Å². The van der Waals surface area contributed by atoms with Crippen molar-refractivity contribution in [3.63, 3.8) is 0 Å². The Labute approximate surface area is 132 Å². The van der Waals surface area contributed by atoms with E-state index in [4.69, 9.17) is 8.85 Å². The summed E-state index contributed by atoms with van der Waals surface area (Å²) in [4.78, 5) is 0. The summed E-state index contributed by atoms with van der Waals surface area (Å²) in [6.07, 6.45) is 0. The van der Waals surface area contributed by atoms with Crippen molar-refractivity contribution in [1.29, 1.82) is 0 Å². The van der Waals surface area contributed by atoms with Gasteiger partial charge in [-0.05, 0) is 36.8 Å². The van der Waals surface area contributed by atoms with Crippen LogP contribution in [0.5, 0.6) is 11.5 Å². The molecule has 0 spiro atoms. The molecular formula is C19H18O2Si. The van der Waals surface area contributed by atoms with Gasteiger partial charge < -0.3 is 8.85 Å². The van der Waals surface area contributed by atoms with Crippen molar-refractivity contribution in [1.82, 2.24) is 0 Å². The highest BCUT2D eigenvalue weighted by Gasteiger charge is 2.22. The third kappa shape index (κ3) is 3.57. The molecule has 0 fully saturated rings. The highest BCUT2D eigenvalue weighted by atomic mass is 28.3. The molecule has 3 aromatic carbocycles. The van der Waals surface area contributed by atoms with Crippen LogP contribution < -0.4 is 14.0 Å². The molecular weight excluding hydrogens is 288 g/mol. The van der Waals surface area contributed by atoms with Gasteiger partial charge in [0.2, 0.25) is 0 Å². The zero-order chi connectivity index (χ0) is 15.2. The van der Waals surface area contributed by atoms with Gasteiger partial charge in [-0.25, -0.2) is 0 Å². The average molecular weight is 306 g/mol. The lowest BCUT2D eigenvalue weighted by atomic mass is 10.2.